The van der Waals surface area contributed by atoms with Crippen LogP contribution >= 0.6 is 0 Å². The van der Waals surface area contributed by atoms with Crippen molar-refractivity contribution in [1.29, 1.82) is 0 Å². The van der Waals surface area contributed by atoms with Crippen molar-refractivity contribution in [1.82, 2.24) is 4.90 Å². The van der Waals surface area contributed by atoms with Crippen LogP contribution in [-0.2, 0) is 11.3 Å². The minimum absolute atomic E-state index is 0.114. The number of carbonyl (C=O) groups is 1. The van der Waals surface area contributed by atoms with Crippen molar-refractivity contribution in [3.8, 4) is 0 Å². The maximum atomic E-state index is 12.4. The molecule has 0 aliphatic heterocycles. The SMILES string of the molecule is Cc1cc[n+]([C@@H](C)C(=O)N(C)Cc2ccccc2)cc1. The van der Waals surface area contributed by atoms with Gasteiger partial charge in [0.2, 0.25) is 6.04 Å². The van der Waals surface area contributed by atoms with Crippen LogP contribution in [0.5, 0.6) is 0 Å². The van der Waals surface area contributed by atoms with Crippen LogP contribution in [0.2, 0.25) is 0 Å². The summed E-state index contributed by atoms with van der Waals surface area (Å²) in [6.07, 6.45) is 3.91. The van der Waals surface area contributed by atoms with Crippen LogP contribution in [0.15, 0.2) is 54.9 Å². The van der Waals surface area contributed by atoms with E-state index in [1.165, 1.54) is 5.56 Å². The first-order valence-corrected chi connectivity index (χ1v) is 6.84. The van der Waals surface area contributed by atoms with Crippen molar-refractivity contribution in [2.75, 3.05) is 7.05 Å². The highest BCUT2D eigenvalue weighted by molar-refractivity contribution is 5.78. The molecule has 3 nitrogen and oxygen atoms in total. The van der Waals surface area contributed by atoms with Gasteiger partial charge >= 0.3 is 0 Å². The van der Waals surface area contributed by atoms with Crippen molar-refractivity contribution in [3.05, 3.63) is 66.0 Å². The topological polar surface area (TPSA) is 24.2 Å². The molecule has 0 fully saturated rings. The molecule has 2 aromatic rings. The third-order valence-electron chi connectivity index (χ3n) is 3.46. The largest absolute Gasteiger partial charge is 0.336 e. The number of aromatic nitrogens is 1. The molecule has 0 aliphatic rings. The molecule has 1 aromatic heterocycles. The van der Waals surface area contributed by atoms with Gasteiger partial charge < -0.3 is 4.90 Å². The van der Waals surface area contributed by atoms with Gasteiger partial charge in [-0.2, -0.15) is 4.57 Å². The summed E-state index contributed by atoms with van der Waals surface area (Å²) < 4.78 is 1.94. The predicted molar refractivity (Wildman–Crippen MR) is 79.0 cm³/mol. The summed E-state index contributed by atoms with van der Waals surface area (Å²) in [5.74, 6) is 0.114. The van der Waals surface area contributed by atoms with Crippen molar-refractivity contribution in [3.63, 3.8) is 0 Å². The van der Waals surface area contributed by atoms with Crippen molar-refractivity contribution >= 4 is 5.91 Å². The second-order valence-electron chi connectivity index (χ2n) is 5.18. The lowest BCUT2D eigenvalue weighted by molar-refractivity contribution is -0.706. The zero-order valence-corrected chi connectivity index (χ0v) is 12.3. The molecule has 1 amide bonds. The molecule has 0 saturated heterocycles. The third kappa shape index (κ3) is 3.44. The van der Waals surface area contributed by atoms with Crippen LogP contribution in [0.4, 0.5) is 0 Å². The van der Waals surface area contributed by atoms with E-state index < -0.39 is 0 Å². The number of pyridine rings is 1. The number of rotatable bonds is 4. The number of benzene rings is 1. The molecule has 3 heteroatoms. The summed E-state index contributed by atoms with van der Waals surface area (Å²) in [6.45, 7) is 4.61. The van der Waals surface area contributed by atoms with Crippen LogP contribution in [0.1, 0.15) is 24.1 Å². The van der Waals surface area contributed by atoms with Gasteiger partial charge in [0, 0.05) is 32.6 Å². The fraction of sp³-hybridized carbons (Fsp3) is 0.294. The Bertz CT molecular complexity index is 563. The van der Waals surface area contributed by atoms with Gasteiger partial charge in [0.05, 0.1) is 0 Å². The highest BCUT2D eigenvalue weighted by Crippen LogP contribution is 2.07. The molecule has 104 valence electrons. The lowest BCUT2D eigenvalue weighted by atomic mass is 10.2. The summed E-state index contributed by atoms with van der Waals surface area (Å²) >= 11 is 0. The molecule has 0 radical (unpaired) electrons. The van der Waals surface area contributed by atoms with Gasteiger partial charge in [-0.1, -0.05) is 30.3 Å². The third-order valence-corrected chi connectivity index (χ3v) is 3.46. The Morgan fingerprint density at radius 1 is 1.15 bits per heavy atom. The van der Waals surface area contributed by atoms with E-state index in [1.54, 1.807) is 4.90 Å². The molecule has 2 rings (SSSR count). The average molecular weight is 269 g/mol. The van der Waals surface area contributed by atoms with E-state index in [4.69, 9.17) is 0 Å². The highest BCUT2D eigenvalue weighted by Gasteiger charge is 2.25. The van der Waals surface area contributed by atoms with Crippen LogP contribution in [0, 0.1) is 6.92 Å². The second-order valence-corrected chi connectivity index (χ2v) is 5.18. The first-order valence-electron chi connectivity index (χ1n) is 6.84. The van der Waals surface area contributed by atoms with Gasteiger partial charge in [-0.05, 0) is 18.1 Å². The molecule has 0 N–H and O–H groups in total. The monoisotopic (exact) mass is 269 g/mol. The number of likely N-dealkylation sites (N-methyl/N-ethyl adjacent to an activating group) is 1. The van der Waals surface area contributed by atoms with E-state index >= 15 is 0 Å². The van der Waals surface area contributed by atoms with Gasteiger partial charge in [0.25, 0.3) is 5.91 Å². The quantitative estimate of drug-likeness (QED) is 0.783. The smallest absolute Gasteiger partial charge is 0.291 e. The number of hydrogen-bond acceptors (Lipinski definition) is 1. The maximum Gasteiger partial charge on any atom is 0.291 e. The van der Waals surface area contributed by atoms with Gasteiger partial charge in [-0.25, -0.2) is 0 Å². The minimum Gasteiger partial charge on any atom is -0.336 e. The van der Waals surface area contributed by atoms with Gasteiger partial charge in [-0.15, -0.1) is 0 Å². The molecule has 0 spiro atoms. The zero-order chi connectivity index (χ0) is 14.5. The van der Waals surface area contributed by atoms with E-state index in [0.29, 0.717) is 6.54 Å². The van der Waals surface area contributed by atoms with E-state index in [0.717, 1.165) is 5.56 Å². The van der Waals surface area contributed by atoms with Crippen LogP contribution in [0.25, 0.3) is 0 Å². The lowest BCUT2D eigenvalue weighted by Gasteiger charge is -2.19. The van der Waals surface area contributed by atoms with E-state index in [1.807, 2.05) is 80.3 Å². The first kappa shape index (κ1) is 14.3. The molecule has 0 saturated carbocycles. The first-order chi connectivity index (χ1) is 9.58. The van der Waals surface area contributed by atoms with Gasteiger partial charge in [-0.3, -0.25) is 4.79 Å². The van der Waals surface area contributed by atoms with Gasteiger partial charge in [0.1, 0.15) is 0 Å². The number of carbonyl (C=O) groups excluding carboxylic acids is 1. The van der Waals surface area contributed by atoms with Crippen LogP contribution in [0.3, 0.4) is 0 Å². The number of amides is 1. The molecule has 1 atom stereocenters. The Hall–Kier alpha value is -2.16. The van der Waals surface area contributed by atoms with E-state index in [-0.39, 0.29) is 11.9 Å². The summed E-state index contributed by atoms with van der Waals surface area (Å²) in [7, 11) is 1.85. The summed E-state index contributed by atoms with van der Waals surface area (Å²) in [6, 6.07) is 13.9. The lowest BCUT2D eigenvalue weighted by Crippen LogP contribution is -2.46. The second kappa shape index (κ2) is 6.33. The summed E-state index contributed by atoms with van der Waals surface area (Å²) in [5.41, 5.74) is 2.34. The Morgan fingerprint density at radius 3 is 2.35 bits per heavy atom. The van der Waals surface area contributed by atoms with Crippen molar-refractivity contribution in [2.45, 2.75) is 26.4 Å². The zero-order valence-electron chi connectivity index (χ0n) is 12.3. The number of aryl methyl sites for hydroxylation is 1. The standard InChI is InChI=1S/C17H21N2O/c1-14-9-11-19(12-10-14)15(2)17(20)18(3)13-16-7-5-4-6-8-16/h4-12,15H,13H2,1-3H3/q+1/t15-/m0/s1. The average Bonchev–Trinajstić information content (AvgIpc) is 2.47. The number of nitrogens with zero attached hydrogens (tertiary/aromatic N) is 2. The molecule has 1 aromatic carbocycles. The molecular weight excluding hydrogens is 248 g/mol. The molecule has 0 bridgehead atoms. The normalized spacial score (nSPS) is 11.9. The fourth-order valence-corrected chi connectivity index (χ4v) is 2.15. The Labute approximate surface area is 120 Å². The van der Waals surface area contributed by atoms with Crippen LogP contribution in [-0.4, -0.2) is 17.9 Å². The summed E-state index contributed by atoms with van der Waals surface area (Å²) in [4.78, 5) is 14.2. The Balaban J connectivity index is 2.04. The minimum atomic E-state index is -0.190. The highest BCUT2D eigenvalue weighted by atomic mass is 16.2. The van der Waals surface area contributed by atoms with Crippen molar-refractivity contribution in [2.24, 2.45) is 0 Å². The molecule has 0 aliphatic carbocycles. The van der Waals surface area contributed by atoms with Crippen molar-refractivity contribution < 1.29 is 9.36 Å². The van der Waals surface area contributed by atoms with E-state index in [2.05, 4.69) is 0 Å². The number of hydrogen-bond donors (Lipinski definition) is 0. The Morgan fingerprint density at radius 2 is 1.75 bits per heavy atom. The van der Waals surface area contributed by atoms with Gasteiger partial charge in [0.15, 0.2) is 12.4 Å². The van der Waals surface area contributed by atoms with E-state index in [9.17, 15) is 4.79 Å². The maximum absolute atomic E-state index is 12.4. The molecular formula is C17H21N2O+. The molecule has 20 heavy (non-hydrogen) atoms. The predicted octanol–water partition coefficient (Wildman–Crippen LogP) is 2.50. The molecule has 0 unspecified atom stereocenters. The fourth-order valence-electron chi connectivity index (χ4n) is 2.15. The summed E-state index contributed by atoms with van der Waals surface area (Å²) in [5, 5.41) is 0. The molecule has 1 heterocycles. The Kier molecular flexibility index (Phi) is 4.51. The van der Waals surface area contributed by atoms with Crippen LogP contribution < -0.4 is 4.57 Å².